The van der Waals surface area contributed by atoms with Gasteiger partial charge in [-0.15, -0.1) is 21.5 Å². The Morgan fingerprint density at radius 3 is 3.13 bits per heavy atom. The van der Waals surface area contributed by atoms with E-state index in [1.807, 2.05) is 16.7 Å². The van der Waals surface area contributed by atoms with E-state index in [1.54, 1.807) is 23.9 Å². The van der Waals surface area contributed by atoms with Crippen LogP contribution in [0.3, 0.4) is 0 Å². The zero-order valence-electron chi connectivity index (χ0n) is 12.3. The minimum atomic E-state index is 0.266. The maximum atomic E-state index is 4.84. The molecule has 5 rings (SSSR count). The number of fused-ring (bicyclic) bond motifs is 2. The van der Waals surface area contributed by atoms with Crippen molar-refractivity contribution in [3.63, 3.8) is 0 Å². The molecule has 4 aromatic rings. The summed E-state index contributed by atoms with van der Waals surface area (Å²) in [6.45, 7) is 0.972. The Balaban J connectivity index is 1.61. The minimum Gasteiger partial charge on any atom is -0.344 e. The molecule has 114 valence electrons. The highest BCUT2D eigenvalue weighted by molar-refractivity contribution is 7.18. The van der Waals surface area contributed by atoms with Gasteiger partial charge in [0.05, 0.1) is 16.3 Å². The Kier molecular flexibility index (Phi) is 2.81. The molecule has 0 unspecified atom stereocenters. The predicted molar refractivity (Wildman–Crippen MR) is 89.7 cm³/mol. The van der Waals surface area contributed by atoms with Crippen molar-refractivity contribution in [1.82, 2.24) is 24.6 Å². The molecule has 1 saturated heterocycles. The molecule has 1 aromatic carbocycles. The molecule has 4 heterocycles. The van der Waals surface area contributed by atoms with Crippen molar-refractivity contribution in [2.75, 3.05) is 11.4 Å². The molecule has 0 radical (unpaired) electrons. The summed E-state index contributed by atoms with van der Waals surface area (Å²) in [5, 5.41) is 9.38. The molecule has 23 heavy (non-hydrogen) atoms. The summed E-state index contributed by atoms with van der Waals surface area (Å²) in [6.07, 6.45) is 7.62. The van der Waals surface area contributed by atoms with Crippen LogP contribution in [0.2, 0.25) is 0 Å². The van der Waals surface area contributed by atoms with E-state index >= 15 is 0 Å². The lowest BCUT2D eigenvalue weighted by molar-refractivity contribution is 0.707. The van der Waals surface area contributed by atoms with Gasteiger partial charge in [-0.2, -0.15) is 0 Å². The van der Waals surface area contributed by atoms with E-state index in [9.17, 15) is 0 Å². The molecular formula is C16H14N6S. The zero-order chi connectivity index (χ0) is 15.2. The van der Waals surface area contributed by atoms with Gasteiger partial charge in [-0.3, -0.25) is 4.40 Å². The molecule has 1 atom stereocenters. The molecule has 3 aromatic heterocycles. The van der Waals surface area contributed by atoms with Gasteiger partial charge < -0.3 is 4.90 Å². The highest BCUT2D eigenvalue weighted by Gasteiger charge is 2.31. The van der Waals surface area contributed by atoms with E-state index in [4.69, 9.17) is 4.98 Å². The van der Waals surface area contributed by atoms with Crippen LogP contribution in [0, 0.1) is 0 Å². The third kappa shape index (κ3) is 2.00. The Morgan fingerprint density at radius 2 is 2.17 bits per heavy atom. The van der Waals surface area contributed by atoms with E-state index in [2.05, 4.69) is 38.3 Å². The quantitative estimate of drug-likeness (QED) is 0.567. The first-order chi connectivity index (χ1) is 11.4. The molecule has 0 bridgehead atoms. The zero-order valence-corrected chi connectivity index (χ0v) is 13.1. The van der Waals surface area contributed by atoms with Crippen LogP contribution in [-0.4, -0.2) is 31.1 Å². The molecule has 6 nitrogen and oxygen atoms in total. The van der Waals surface area contributed by atoms with Gasteiger partial charge in [-0.1, -0.05) is 12.1 Å². The summed E-state index contributed by atoms with van der Waals surface area (Å²) in [4.78, 5) is 11.7. The van der Waals surface area contributed by atoms with Crippen molar-refractivity contribution in [3.8, 4) is 0 Å². The third-order valence-corrected chi connectivity index (χ3v) is 5.46. The average Bonchev–Trinajstić information content (AvgIpc) is 3.31. The van der Waals surface area contributed by atoms with Crippen molar-refractivity contribution in [3.05, 3.63) is 48.0 Å². The molecule has 1 aliphatic heterocycles. The third-order valence-electron chi connectivity index (χ3n) is 4.32. The van der Waals surface area contributed by atoms with Crippen molar-refractivity contribution in [1.29, 1.82) is 0 Å². The van der Waals surface area contributed by atoms with Gasteiger partial charge in [0.25, 0.3) is 0 Å². The van der Waals surface area contributed by atoms with Crippen LogP contribution in [-0.2, 0) is 0 Å². The van der Waals surface area contributed by atoms with Gasteiger partial charge in [0.1, 0.15) is 11.3 Å². The van der Waals surface area contributed by atoms with Gasteiger partial charge >= 0.3 is 0 Å². The second kappa shape index (κ2) is 4.99. The van der Waals surface area contributed by atoms with Crippen LogP contribution in [0.25, 0.3) is 15.9 Å². The van der Waals surface area contributed by atoms with Gasteiger partial charge in [-0.05, 0) is 25.0 Å². The maximum Gasteiger partial charge on any atom is 0.203 e. The maximum absolute atomic E-state index is 4.84. The Bertz CT molecular complexity index is 957. The molecule has 7 heteroatoms. The van der Waals surface area contributed by atoms with Gasteiger partial charge in [0.2, 0.25) is 5.65 Å². The number of hydrogen-bond acceptors (Lipinski definition) is 6. The lowest BCUT2D eigenvalue weighted by Gasteiger charge is -2.23. The fraction of sp³-hybridized carbons (Fsp3) is 0.250. The van der Waals surface area contributed by atoms with Crippen molar-refractivity contribution in [2.24, 2.45) is 0 Å². The van der Waals surface area contributed by atoms with E-state index in [0.717, 1.165) is 41.4 Å². The monoisotopic (exact) mass is 322 g/mol. The number of aromatic nitrogens is 5. The second-order valence-corrected chi connectivity index (χ2v) is 6.75. The smallest absolute Gasteiger partial charge is 0.203 e. The largest absolute Gasteiger partial charge is 0.344 e. The second-order valence-electron chi connectivity index (χ2n) is 5.68. The van der Waals surface area contributed by atoms with Crippen molar-refractivity contribution < 1.29 is 0 Å². The summed E-state index contributed by atoms with van der Waals surface area (Å²) in [6, 6.07) is 8.58. The Hall–Kier alpha value is -2.54. The van der Waals surface area contributed by atoms with Crippen LogP contribution in [0.15, 0.2) is 43.0 Å². The first kappa shape index (κ1) is 13.0. The van der Waals surface area contributed by atoms with Gasteiger partial charge in [0, 0.05) is 18.9 Å². The molecular weight excluding hydrogens is 308 g/mol. The van der Waals surface area contributed by atoms with Crippen LogP contribution >= 0.6 is 11.3 Å². The average molecular weight is 322 g/mol. The molecule has 0 spiro atoms. The van der Waals surface area contributed by atoms with Crippen molar-refractivity contribution in [2.45, 2.75) is 18.9 Å². The van der Waals surface area contributed by atoms with E-state index in [0.29, 0.717) is 0 Å². The number of para-hydroxylation sites is 1. The lowest BCUT2D eigenvalue weighted by Crippen LogP contribution is -2.24. The van der Waals surface area contributed by atoms with Crippen molar-refractivity contribution >= 4 is 33.0 Å². The Morgan fingerprint density at radius 1 is 1.22 bits per heavy atom. The van der Waals surface area contributed by atoms with Gasteiger partial charge in [0.15, 0.2) is 5.82 Å². The normalized spacial score (nSPS) is 18.3. The fourth-order valence-corrected chi connectivity index (χ4v) is 4.37. The predicted octanol–water partition coefficient (Wildman–Crippen LogP) is 3.08. The molecule has 1 fully saturated rings. The van der Waals surface area contributed by atoms with Crippen LogP contribution < -0.4 is 4.90 Å². The summed E-state index contributed by atoms with van der Waals surface area (Å²) < 4.78 is 3.15. The summed E-state index contributed by atoms with van der Waals surface area (Å²) in [7, 11) is 0. The molecule has 0 saturated carbocycles. The van der Waals surface area contributed by atoms with Crippen LogP contribution in [0.4, 0.5) is 5.82 Å². The topological polar surface area (TPSA) is 59.2 Å². The van der Waals surface area contributed by atoms with Gasteiger partial charge in [-0.25, -0.2) is 9.97 Å². The number of benzene rings is 1. The van der Waals surface area contributed by atoms with E-state index in [1.165, 1.54) is 4.70 Å². The number of anilines is 1. The fourth-order valence-electron chi connectivity index (χ4n) is 3.26. The summed E-state index contributed by atoms with van der Waals surface area (Å²) >= 11 is 1.78. The number of rotatable bonds is 2. The SMILES string of the molecule is c1ccc2sc([C@@H]3CCCN3c3nccn4cnnc34)nc2c1. The first-order valence-corrected chi connectivity index (χ1v) is 8.48. The summed E-state index contributed by atoms with van der Waals surface area (Å²) in [5.74, 6) is 0.895. The van der Waals surface area contributed by atoms with E-state index in [-0.39, 0.29) is 6.04 Å². The van der Waals surface area contributed by atoms with Crippen LogP contribution in [0.5, 0.6) is 0 Å². The van der Waals surface area contributed by atoms with Crippen LogP contribution in [0.1, 0.15) is 23.9 Å². The highest BCUT2D eigenvalue weighted by Crippen LogP contribution is 2.39. The molecule has 0 N–H and O–H groups in total. The molecule has 0 amide bonds. The molecule has 1 aliphatic rings. The number of thiazole rings is 1. The van der Waals surface area contributed by atoms with E-state index < -0.39 is 0 Å². The Labute approximate surface area is 136 Å². The number of nitrogens with zero attached hydrogens (tertiary/aromatic N) is 6. The first-order valence-electron chi connectivity index (χ1n) is 7.66. The molecule has 0 aliphatic carbocycles. The number of hydrogen-bond donors (Lipinski definition) is 0. The summed E-state index contributed by atoms with van der Waals surface area (Å²) in [5.41, 5.74) is 1.88. The lowest BCUT2D eigenvalue weighted by atomic mass is 10.2. The highest BCUT2D eigenvalue weighted by atomic mass is 32.1. The standard InChI is InChI=1S/C16H14N6S/c1-2-6-13-11(4-1)19-16(23-13)12-5-3-8-22(12)14-15-20-18-10-21(15)9-7-17-14/h1-2,4,6-7,9-10,12H,3,5,8H2/t12-/m0/s1. The minimum absolute atomic E-state index is 0.266.